The van der Waals surface area contributed by atoms with Crippen molar-refractivity contribution in [3.63, 3.8) is 0 Å². The summed E-state index contributed by atoms with van der Waals surface area (Å²) in [6.07, 6.45) is 47.3. The van der Waals surface area contributed by atoms with E-state index in [9.17, 15) is 0 Å². The number of thioether (sulfide) groups is 1. The molecule has 4 aromatic carbocycles. The lowest BCUT2D eigenvalue weighted by atomic mass is 9.84. The van der Waals surface area contributed by atoms with E-state index >= 15 is 9.59 Å². The van der Waals surface area contributed by atoms with E-state index in [1.807, 2.05) is 34.4 Å². The monoisotopic (exact) mass is 1120 g/mol. The highest BCUT2D eigenvalue weighted by Gasteiger charge is 2.29. The second-order valence-corrected chi connectivity index (χ2v) is 29.3. The molecule has 0 spiro atoms. The number of hydrogen-bond acceptors (Lipinski definition) is 6. The predicted molar refractivity (Wildman–Crippen MR) is 354 cm³/mol. The minimum Gasteiger partial charge on any atom is -0.289 e. The fraction of sp³-hybridized carbons (Fsp3) is 0.611. The summed E-state index contributed by atoms with van der Waals surface area (Å²) in [4.78, 5) is 37.5. The van der Waals surface area contributed by atoms with E-state index in [-0.39, 0.29) is 10.9 Å². The standard InChI is InChI=1S/C72H100O2S4/c1-7-11-15-19-23-25-29-33-37-53(35-31-27-21-17-13-9-3)44-55-46-60-59(69-57(55)48-61(71(69)73)63-40-39-51(5)75-63)47-56(45-54(36-32-28-22-18-14-10-4)38-34-30-26-24-20-16-12-8-2)58-49-62(72(74)70(58)60)64-41-42-65(77-64)67-50-68-66(78-67)43-52(6)76-68/h39-41,43,46-50,53-54,65H,7-38,42,44-45H2,1-6H3. The molecule has 0 radical (unpaired) electrons. The molecule has 0 saturated heterocycles. The molecule has 4 heterocycles. The zero-order valence-electron chi connectivity index (χ0n) is 49.6. The van der Waals surface area contributed by atoms with Gasteiger partial charge in [-0.2, -0.15) is 0 Å². The molecule has 0 amide bonds. The van der Waals surface area contributed by atoms with E-state index in [1.54, 1.807) is 11.3 Å². The van der Waals surface area contributed by atoms with E-state index in [0.717, 1.165) is 72.5 Å². The maximum absolute atomic E-state index is 15.8. The van der Waals surface area contributed by atoms with Crippen molar-refractivity contribution in [3.8, 4) is 10.4 Å². The van der Waals surface area contributed by atoms with Crippen LogP contribution in [0.15, 0.2) is 64.2 Å². The Morgan fingerprint density at radius 3 is 1.29 bits per heavy atom. The van der Waals surface area contributed by atoms with Crippen LogP contribution in [0.3, 0.4) is 0 Å². The van der Waals surface area contributed by atoms with Gasteiger partial charge in [-0.05, 0) is 126 Å². The Bertz CT molecular complexity index is 3010. The summed E-state index contributed by atoms with van der Waals surface area (Å²) in [5, 5.41) is 6.44. The van der Waals surface area contributed by atoms with Crippen molar-refractivity contribution < 1.29 is 0 Å². The second-order valence-electron chi connectivity index (χ2n) is 24.4. The second kappa shape index (κ2) is 32.0. The first kappa shape index (κ1) is 61.1. The summed E-state index contributed by atoms with van der Waals surface area (Å²) < 4.78 is 2.78. The molecule has 8 rings (SSSR count). The Labute approximate surface area is 489 Å². The third-order valence-electron chi connectivity index (χ3n) is 17.8. The summed E-state index contributed by atoms with van der Waals surface area (Å²) in [5.41, 5.74) is 4.65. The van der Waals surface area contributed by atoms with Gasteiger partial charge < -0.3 is 0 Å². The molecule has 78 heavy (non-hydrogen) atoms. The molecule has 6 heteroatoms. The van der Waals surface area contributed by atoms with Crippen molar-refractivity contribution in [3.05, 3.63) is 106 Å². The number of allylic oxidation sites excluding steroid dienone is 1. The highest BCUT2D eigenvalue weighted by Crippen LogP contribution is 2.52. The van der Waals surface area contributed by atoms with E-state index in [4.69, 9.17) is 0 Å². The molecule has 0 saturated carbocycles. The molecule has 0 fully saturated rings. The topological polar surface area (TPSA) is 34.1 Å². The molecule has 3 aromatic heterocycles. The summed E-state index contributed by atoms with van der Waals surface area (Å²) in [6.45, 7) is 13.6. The largest absolute Gasteiger partial charge is 0.289 e. The van der Waals surface area contributed by atoms with Crippen LogP contribution < -0.4 is 10.9 Å². The van der Waals surface area contributed by atoms with Crippen LogP contribution in [0.5, 0.6) is 0 Å². The fourth-order valence-corrected chi connectivity index (χ4v) is 17.9. The molecular formula is C72H100O2S4. The van der Waals surface area contributed by atoms with E-state index in [0.29, 0.717) is 17.1 Å². The molecule has 0 bridgehead atoms. The molecule has 1 aliphatic heterocycles. The molecule has 424 valence electrons. The van der Waals surface area contributed by atoms with Crippen LogP contribution in [0.4, 0.5) is 0 Å². The smallest absolute Gasteiger partial charge is 0.195 e. The van der Waals surface area contributed by atoms with Crippen LogP contribution in [-0.2, 0) is 12.8 Å². The first-order chi connectivity index (χ1) is 38.2. The molecule has 7 aromatic rings. The zero-order chi connectivity index (χ0) is 54.6. The number of thiophene rings is 3. The lowest BCUT2D eigenvalue weighted by Crippen LogP contribution is -2.09. The summed E-state index contributed by atoms with van der Waals surface area (Å²) in [6, 6.07) is 18.6. The van der Waals surface area contributed by atoms with Gasteiger partial charge in [0.25, 0.3) is 0 Å². The first-order valence-electron chi connectivity index (χ1n) is 32.3. The number of hydrogen-bond donors (Lipinski definition) is 0. The first-order valence-corrected chi connectivity index (χ1v) is 35.7. The number of fused-ring (bicyclic) bond motifs is 6. The lowest BCUT2D eigenvalue weighted by molar-refractivity contribution is 0.401. The highest BCUT2D eigenvalue weighted by atomic mass is 32.2. The van der Waals surface area contributed by atoms with E-state index in [2.05, 4.69) is 96.1 Å². The average Bonchev–Trinajstić information content (AvgIpc) is 4.28. The van der Waals surface area contributed by atoms with Crippen molar-refractivity contribution in [1.29, 1.82) is 0 Å². The van der Waals surface area contributed by atoms with Crippen molar-refractivity contribution in [2.45, 2.75) is 272 Å². The van der Waals surface area contributed by atoms with Gasteiger partial charge in [0, 0.05) is 61.0 Å². The Morgan fingerprint density at radius 2 is 0.859 bits per heavy atom. The third kappa shape index (κ3) is 16.6. The fourth-order valence-electron chi connectivity index (χ4n) is 13.3. The van der Waals surface area contributed by atoms with Gasteiger partial charge in [0.05, 0.1) is 0 Å². The Balaban J connectivity index is 1.20. The molecular weight excluding hydrogens is 1030 g/mol. The maximum Gasteiger partial charge on any atom is 0.195 e. The van der Waals surface area contributed by atoms with Crippen LogP contribution in [-0.4, -0.2) is 0 Å². The Morgan fingerprint density at radius 1 is 0.436 bits per heavy atom. The summed E-state index contributed by atoms with van der Waals surface area (Å²) >= 11 is 7.49. The Kier molecular flexibility index (Phi) is 25.0. The predicted octanol–water partition coefficient (Wildman–Crippen LogP) is 24.5. The van der Waals surface area contributed by atoms with Crippen molar-refractivity contribution >= 4 is 92.4 Å². The van der Waals surface area contributed by atoms with Crippen molar-refractivity contribution in [2.24, 2.45) is 11.8 Å². The SMILES string of the molecule is CCCCCCCCCCC(CCCCCCCC)Cc1cc2c(cc(CC(CCCCCCCC)CCCCCCCCCC)c3cc(-c4ccc(C)s4)c(=O)c32)c2c(=O)c(C3=CCC(c4cc5sc(C)cc5s4)S3)cc12. The zero-order valence-corrected chi connectivity index (χ0v) is 52.9. The van der Waals surface area contributed by atoms with Gasteiger partial charge in [-0.25, -0.2) is 0 Å². The quantitative estimate of drug-likeness (QED) is 0.0360. The maximum atomic E-state index is 15.8. The van der Waals surface area contributed by atoms with Crippen LogP contribution >= 0.6 is 45.8 Å². The molecule has 2 nitrogen and oxygen atoms in total. The minimum atomic E-state index is 0.157. The van der Waals surface area contributed by atoms with Gasteiger partial charge in [-0.3, -0.25) is 9.59 Å². The van der Waals surface area contributed by atoms with Crippen molar-refractivity contribution in [1.82, 2.24) is 0 Å². The van der Waals surface area contributed by atoms with Gasteiger partial charge in [0.1, 0.15) is 0 Å². The molecule has 0 N–H and O–H groups in total. The Hall–Kier alpha value is -3.03. The number of benzene rings is 2. The molecule has 3 unspecified atom stereocenters. The summed E-state index contributed by atoms with van der Waals surface area (Å²) in [5.74, 6) is 1.11. The van der Waals surface area contributed by atoms with Gasteiger partial charge in [0.2, 0.25) is 0 Å². The van der Waals surface area contributed by atoms with Gasteiger partial charge in [-0.15, -0.1) is 45.8 Å². The van der Waals surface area contributed by atoms with Gasteiger partial charge >= 0.3 is 0 Å². The van der Waals surface area contributed by atoms with Crippen LogP contribution in [0.25, 0.3) is 57.1 Å². The van der Waals surface area contributed by atoms with E-state index < -0.39 is 0 Å². The average molecular weight is 1130 g/mol. The number of unbranched alkanes of at least 4 members (excludes halogenated alkanes) is 24. The molecule has 3 atom stereocenters. The molecule has 0 aliphatic carbocycles. The van der Waals surface area contributed by atoms with E-state index in [1.165, 1.54) is 241 Å². The van der Waals surface area contributed by atoms with Gasteiger partial charge in [0.15, 0.2) is 10.9 Å². The van der Waals surface area contributed by atoms with Crippen molar-refractivity contribution in [2.75, 3.05) is 0 Å². The minimum absolute atomic E-state index is 0.157. The number of rotatable bonds is 39. The third-order valence-corrected chi connectivity index (χ3v) is 22.7. The van der Waals surface area contributed by atoms with Crippen LogP contribution in [0, 0.1) is 25.7 Å². The van der Waals surface area contributed by atoms with Crippen LogP contribution in [0.1, 0.15) is 276 Å². The molecule has 1 aliphatic rings. The highest BCUT2D eigenvalue weighted by molar-refractivity contribution is 8.08. The van der Waals surface area contributed by atoms with Crippen LogP contribution in [0.2, 0.25) is 0 Å². The summed E-state index contributed by atoms with van der Waals surface area (Å²) in [7, 11) is 0. The number of aryl methyl sites for hydroxylation is 2. The lowest BCUT2D eigenvalue weighted by Gasteiger charge is -2.20. The normalized spacial score (nSPS) is 14.8. The van der Waals surface area contributed by atoms with Gasteiger partial charge in [-0.1, -0.05) is 239 Å².